The Balaban J connectivity index is 1.51. The summed E-state index contributed by atoms with van der Waals surface area (Å²) in [6.45, 7) is 4.60. The summed E-state index contributed by atoms with van der Waals surface area (Å²) in [5.41, 5.74) is 10.2. The highest BCUT2D eigenvalue weighted by Gasteiger charge is 2.12. The number of amides is 1. The van der Waals surface area contributed by atoms with Crippen molar-refractivity contribution in [2.45, 2.75) is 57.0 Å². The van der Waals surface area contributed by atoms with Crippen LogP contribution in [0.3, 0.4) is 0 Å². The minimum absolute atomic E-state index is 0.0251. The van der Waals surface area contributed by atoms with Gasteiger partial charge in [-0.25, -0.2) is 9.67 Å². The molecule has 0 unspecified atom stereocenters. The second kappa shape index (κ2) is 10.7. The van der Waals surface area contributed by atoms with Crippen LogP contribution in [0.1, 0.15) is 42.6 Å². The number of rotatable bonds is 10. The van der Waals surface area contributed by atoms with E-state index in [-0.39, 0.29) is 11.5 Å². The van der Waals surface area contributed by atoms with E-state index in [1.807, 2.05) is 42.8 Å². The lowest BCUT2D eigenvalue weighted by Crippen LogP contribution is -2.23. The molecule has 0 aliphatic heterocycles. The Morgan fingerprint density at radius 3 is 2.50 bits per heavy atom. The summed E-state index contributed by atoms with van der Waals surface area (Å²) in [6, 6.07) is 17.8. The SMILES string of the molecule is Cc1cc(C)n(-c2ccc(CSc3nc4ccccc4c(=O)n3CCCCCC(N)=O)cc2)n1. The number of benzene rings is 2. The predicted octanol–water partition coefficient (Wildman–Crippen LogP) is 4.54. The van der Waals surface area contributed by atoms with Gasteiger partial charge < -0.3 is 5.73 Å². The molecule has 8 heteroatoms. The van der Waals surface area contributed by atoms with Gasteiger partial charge in [0.05, 0.1) is 22.3 Å². The van der Waals surface area contributed by atoms with Gasteiger partial charge in [-0.3, -0.25) is 14.2 Å². The topological polar surface area (TPSA) is 95.8 Å². The molecule has 0 bridgehead atoms. The molecule has 4 rings (SSSR count). The third-order valence-electron chi connectivity index (χ3n) is 5.69. The van der Waals surface area contributed by atoms with Crippen LogP contribution < -0.4 is 11.3 Å². The van der Waals surface area contributed by atoms with E-state index in [4.69, 9.17) is 10.7 Å². The molecule has 0 spiro atoms. The number of nitrogens with two attached hydrogens (primary N) is 1. The van der Waals surface area contributed by atoms with Gasteiger partial charge in [-0.2, -0.15) is 5.10 Å². The fourth-order valence-electron chi connectivity index (χ4n) is 3.97. The molecule has 34 heavy (non-hydrogen) atoms. The summed E-state index contributed by atoms with van der Waals surface area (Å²) in [4.78, 5) is 29.0. The Bertz CT molecular complexity index is 1360. The van der Waals surface area contributed by atoms with Gasteiger partial charge in [0.2, 0.25) is 5.91 Å². The average Bonchev–Trinajstić information content (AvgIpc) is 3.17. The maximum Gasteiger partial charge on any atom is 0.262 e. The average molecular weight is 476 g/mol. The number of carbonyl (C=O) groups excluding carboxylic acids is 1. The predicted molar refractivity (Wildman–Crippen MR) is 136 cm³/mol. The van der Waals surface area contributed by atoms with Crippen LogP contribution in [0.4, 0.5) is 0 Å². The summed E-state index contributed by atoms with van der Waals surface area (Å²) in [5.74, 6) is 0.411. The molecule has 0 aliphatic carbocycles. The number of aromatic nitrogens is 4. The molecule has 0 radical (unpaired) electrons. The number of fused-ring (bicyclic) bond motifs is 1. The maximum absolute atomic E-state index is 13.2. The third kappa shape index (κ3) is 5.56. The molecular formula is C26H29N5O2S. The highest BCUT2D eigenvalue weighted by atomic mass is 32.2. The standard InChI is InChI=1S/C26H29N5O2S/c1-18-16-19(2)31(29-18)21-13-11-20(12-14-21)17-34-26-28-23-9-6-5-8-22(23)25(33)30(26)15-7-3-4-10-24(27)32/h5-6,8-9,11-14,16H,3-4,7,10,15,17H2,1-2H3,(H2,27,32). The second-order valence-corrected chi connectivity index (χ2v) is 9.38. The smallest absolute Gasteiger partial charge is 0.262 e. The highest BCUT2D eigenvalue weighted by molar-refractivity contribution is 7.98. The van der Waals surface area contributed by atoms with E-state index >= 15 is 0 Å². The second-order valence-electron chi connectivity index (χ2n) is 8.44. The molecule has 2 N–H and O–H groups in total. The van der Waals surface area contributed by atoms with Crippen LogP contribution in [-0.4, -0.2) is 25.2 Å². The van der Waals surface area contributed by atoms with Crippen molar-refractivity contribution in [2.75, 3.05) is 0 Å². The Morgan fingerprint density at radius 2 is 1.79 bits per heavy atom. The van der Waals surface area contributed by atoms with Crippen molar-refractivity contribution in [1.82, 2.24) is 19.3 Å². The van der Waals surface area contributed by atoms with Crippen molar-refractivity contribution < 1.29 is 4.79 Å². The lowest BCUT2D eigenvalue weighted by Gasteiger charge is -2.13. The third-order valence-corrected chi connectivity index (χ3v) is 6.74. The van der Waals surface area contributed by atoms with Crippen LogP contribution in [0.25, 0.3) is 16.6 Å². The summed E-state index contributed by atoms with van der Waals surface area (Å²) in [6.07, 6.45) is 2.73. The van der Waals surface area contributed by atoms with Gasteiger partial charge in [0, 0.05) is 24.4 Å². The normalized spacial score (nSPS) is 11.2. The van der Waals surface area contributed by atoms with Crippen LogP contribution in [0, 0.1) is 13.8 Å². The summed E-state index contributed by atoms with van der Waals surface area (Å²) >= 11 is 1.56. The van der Waals surface area contributed by atoms with E-state index in [1.165, 1.54) is 0 Å². The summed E-state index contributed by atoms with van der Waals surface area (Å²) < 4.78 is 3.70. The van der Waals surface area contributed by atoms with Crippen molar-refractivity contribution in [1.29, 1.82) is 0 Å². The van der Waals surface area contributed by atoms with Crippen molar-refractivity contribution in [3.05, 3.63) is 81.9 Å². The zero-order valence-corrected chi connectivity index (χ0v) is 20.3. The Kier molecular flexibility index (Phi) is 7.47. The quantitative estimate of drug-likeness (QED) is 0.206. The van der Waals surface area contributed by atoms with E-state index in [0.29, 0.717) is 34.8 Å². The number of hydrogen-bond donors (Lipinski definition) is 1. The number of nitrogens with zero attached hydrogens (tertiary/aromatic N) is 4. The number of hydrogen-bond acceptors (Lipinski definition) is 5. The first-order valence-electron chi connectivity index (χ1n) is 11.5. The van der Waals surface area contributed by atoms with Gasteiger partial charge in [-0.1, -0.05) is 42.4 Å². The molecule has 1 amide bonds. The van der Waals surface area contributed by atoms with Crippen LogP contribution >= 0.6 is 11.8 Å². The van der Waals surface area contributed by atoms with Crippen LogP contribution in [0.2, 0.25) is 0 Å². The highest BCUT2D eigenvalue weighted by Crippen LogP contribution is 2.24. The molecule has 0 saturated heterocycles. The maximum atomic E-state index is 13.2. The van der Waals surface area contributed by atoms with Gasteiger partial charge in [0.1, 0.15) is 0 Å². The monoisotopic (exact) mass is 475 g/mol. The molecule has 2 aromatic heterocycles. The molecular weight excluding hydrogens is 446 g/mol. The molecule has 4 aromatic rings. The molecule has 0 fully saturated rings. The summed E-state index contributed by atoms with van der Waals surface area (Å²) in [7, 11) is 0. The lowest BCUT2D eigenvalue weighted by molar-refractivity contribution is -0.118. The number of carbonyl (C=O) groups is 1. The largest absolute Gasteiger partial charge is 0.370 e. The van der Waals surface area contributed by atoms with Gasteiger partial charge in [-0.15, -0.1) is 0 Å². The molecule has 2 heterocycles. The number of primary amides is 1. The molecule has 0 aliphatic rings. The van der Waals surface area contributed by atoms with E-state index in [0.717, 1.165) is 41.9 Å². The minimum Gasteiger partial charge on any atom is -0.370 e. The lowest BCUT2D eigenvalue weighted by atomic mass is 10.2. The number of unbranched alkanes of at least 4 members (excludes halogenated alkanes) is 2. The molecule has 176 valence electrons. The van der Waals surface area contributed by atoms with Crippen molar-refractivity contribution in [3.8, 4) is 5.69 Å². The molecule has 0 atom stereocenters. The van der Waals surface area contributed by atoms with Crippen LogP contribution in [0.15, 0.2) is 64.5 Å². The number of aryl methyl sites for hydroxylation is 2. The van der Waals surface area contributed by atoms with Gasteiger partial charge >= 0.3 is 0 Å². The zero-order chi connectivity index (χ0) is 24.1. The molecule has 0 saturated carbocycles. The van der Waals surface area contributed by atoms with Crippen molar-refractivity contribution >= 4 is 28.6 Å². The van der Waals surface area contributed by atoms with Crippen molar-refractivity contribution in [2.24, 2.45) is 5.73 Å². The van der Waals surface area contributed by atoms with E-state index in [2.05, 4.69) is 35.4 Å². The molecule has 7 nitrogen and oxygen atoms in total. The fourth-order valence-corrected chi connectivity index (χ4v) is 4.95. The fraction of sp³-hybridized carbons (Fsp3) is 0.308. The Morgan fingerprint density at radius 1 is 1.03 bits per heavy atom. The van der Waals surface area contributed by atoms with Gasteiger partial charge in [0.25, 0.3) is 5.56 Å². The number of thioether (sulfide) groups is 1. The first-order valence-corrected chi connectivity index (χ1v) is 12.4. The first-order chi connectivity index (χ1) is 16.4. The number of para-hydroxylation sites is 1. The summed E-state index contributed by atoms with van der Waals surface area (Å²) in [5, 5.41) is 5.88. The van der Waals surface area contributed by atoms with E-state index in [9.17, 15) is 9.59 Å². The first kappa shape index (κ1) is 23.8. The van der Waals surface area contributed by atoms with Crippen LogP contribution in [0.5, 0.6) is 0 Å². The zero-order valence-electron chi connectivity index (χ0n) is 19.5. The van der Waals surface area contributed by atoms with E-state index in [1.54, 1.807) is 16.3 Å². The van der Waals surface area contributed by atoms with Gasteiger partial charge in [-0.05, 0) is 62.6 Å². The van der Waals surface area contributed by atoms with Crippen molar-refractivity contribution in [3.63, 3.8) is 0 Å². The van der Waals surface area contributed by atoms with E-state index < -0.39 is 0 Å². The van der Waals surface area contributed by atoms with Gasteiger partial charge in [0.15, 0.2) is 5.16 Å². The Labute approximate surface area is 203 Å². The minimum atomic E-state index is -0.287. The van der Waals surface area contributed by atoms with Crippen LogP contribution in [-0.2, 0) is 17.1 Å². The Hall–Kier alpha value is -3.39. The molecule has 2 aromatic carbocycles.